The van der Waals surface area contributed by atoms with Gasteiger partial charge in [0.25, 0.3) is 0 Å². The van der Waals surface area contributed by atoms with Gasteiger partial charge < -0.3 is 5.32 Å². The Labute approximate surface area is 136 Å². The minimum Gasteiger partial charge on any atom is -0.347 e. The van der Waals surface area contributed by atoms with Gasteiger partial charge in [-0.05, 0) is 25.1 Å². The first-order valence-electron chi connectivity index (χ1n) is 6.51. The van der Waals surface area contributed by atoms with Gasteiger partial charge in [-0.1, -0.05) is 28.4 Å². The van der Waals surface area contributed by atoms with Crippen molar-refractivity contribution >= 4 is 29.2 Å². The number of rotatable bonds is 4. The fourth-order valence-electron chi connectivity index (χ4n) is 1.84. The molecule has 2 heterocycles. The van der Waals surface area contributed by atoms with Crippen LogP contribution < -0.4 is 5.32 Å². The highest BCUT2D eigenvalue weighted by Gasteiger charge is 2.07. The quantitative estimate of drug-likeness (QED) is 0.792. The van der Waals surface area contributed by atoms with Crippen LogP contribution in [0.5, 0.6) is 0 Å². The molecule has 7 nitrogen and oxygen atoms in total. The normalized spacial score (nSPS) is 10.9. The van der Waals surface area contributed by atoms with Crippen molar-refractivity contribution < 1.29 is 0 Å². The van der Waals surface area contributed by atoms with Crippen molar-refractivity contribution in [3.05, 3.63) is 46.0 Å². The number of aromatic nitrogens is 6. The van der Waals surface area contributed by atoms with Crippen LogP contribution in [-0.2, 0) is 13.6 Å². The van der Waals surface area contributed by atoms with Gasteiger partial charge in [-0.25, -0.2) is 4.68 Å². The molecule has 22 heavy (non-hydrogen) atoms. The molecule has 0 aliphatic rings. The molecule has 0 fully saturated rings. The van der Waals surface area contributed by atoms with E-state index in [-0.39, 0.29) is 0 Å². The van der Waals surface area contributed by atoms with E-state index >= 15 is 0 Å². The minimum atomic E-state index is 0.475. The van der Waals surface area contributed by atoms with E-state index in [1.807, 2.05) is 26.2 Å². The number of halogens is 2. The summed E-state index contributed by atoms with van der Waals surface area (Å²) < 4.78 is 3.34. The molecule has 114 valence electrons. The highest BCUT2D eigenvalue weighted by atomic mass is 35.5. The predicted octanol–water partition coefficient (Wildman–Crippen LogP) is 2.62. The Bertz CT molecular complexity index is 789. The molecule has 0 bridgehead atoms. The maximum atomic E-state index is 6.00. The summed E-state index contributed by atoms with van der Waals surface area (Å²) >= 11 is 11.9. The van der Waals surface area contributed by atoms with Crippen molar-refractivity contribution in [2.24, 2.45) is 7.05 Å². The van der Waals surface area contributed by atoms with E-state index < -0.39 is 0 Å². The molecule has 0 radical (unpaired) electrons. The van der Waals surface area contributed by atoms with Crippen molar-refractivity contribution in [3.8, 4) is 5.69 Å². The molecular formula is C13H13Cl2N7. The maximum absolute atomic E-state index is 6.00. The number of anilines is 1. The molecule has 1 N–H and O–H groups in total. The second kappa shape index (κ2) is 5.94. The van der Waals surface area contributed by atoms with E-state index in [1.165, 1.54) is 0 Å². The average molecular weight is 338 g/mol. The monoisotopic (exact) mass is 337 g/mol. The summed E-state index contributed by atoms with van der Waals surface area (Å²) in [5.74, 6) is 1.39. The van der Waals surface area contributed by atoms with Crippen LogP contribution in [0.25, 0.3) is 5.69 Å². The SMILES string of the molecule is Cc1nc(NCc2cn(-c3ccc(Cl)c(Cl)c3)nn2)nn1C. The first-order chi connectivity index (χ1) is 10.5. The largest absolute Gasteiger partial charge is 0.347 e. The molecule has 1 aromatic carbocycles. The van der Waals surface area contributed by atoms with E-state index in [0.29, 0.717) is 22.5 Å². The highest BCUT2D eigenvalue weighted by molar-refractivity contribution is 6.42. The molecule has 3 aromatic rings. The second-order valence-electron chi connectivity index (χ2n) is 4.71. The number of hydrogen-bond donors (Lipinski definition) is 1. The standard InChI is InChI=1S/C13H13Cl2N7/c1-8-17-13(19-21(8)2)16-6-9-7-22(20-18-9)10-3-4-11(14)12(15)5-10/h3-5,7H,6H2,1-2H3,(H,16,19). The predicted molar refractivity (Wildman–Crippen MR) is 84.4 cm³/mol. The lowest BCUT2D eigenvalue weighted by molar-refractivity contribution is 0.734. The maximum Gasteiger partial charge on any atom is 0.242 e. The minimum absolute atomic E-state index is 0.475. The number of benzene rings is 1. The number of nitrogens with one attached hydrogen (secondary N) is 1. The molecule has 0 unspecified atom stereocenters. The van der Waals surface area contributed by atoms with Crippen molar-refractivity contribution in [1.29, 1.82) is 0 Å². The lowest BCUT2D eigenvalue weighted by Crippen LogP contribution is -2.02. The van der Waals surface area contributed by atoms with Gasteiger partial charge in [0.1, 0.15) is 11.5 Å². The fourth-order valence-corrected chi connectivity index (χ4v) is 2.13. The zero-order chi connectivity index (χ0) is 15.7. The van der Waals surface area contributed by atoms with E-state index in [9.17, 15) is 0 Å². The van der Waals surface area contributed by atoms with Crippen LogP contribution in [0, 0.1) is 6.92 Å². The smallest absolute Gasteiger partial charge is 0.242 e. The van der Waals surface area contributed by atoms with Crippen LogP contribution in [-0.4, -0.2) is 29.8 Å². The van der Waals surface area contributed by atoms with Gasteiger partial charge in [-0.3, -0.25) is 4.68 Å². The molecule has 9 heteroatoms. The van der Waals surface area contributed by atoms with Crippen LogP contribution in [0.4, 0.5) is 5.95 Å². The molecule has 0 atom stereocenters. The van der Waals surface area contributed by atoms with E-state index in [2.05, 4.69) is 25.7 Å². The molecule has 0 aliphatic carbocycles. The van der Waals surface area contributed by atoms with Crippen LogP contribution in [0.2, 0.25) is 10.0 Å². The van der Waals surface area contributed by atoms with Gasteiger partial charge >= 0.3 is 0 Å². The summed E-state index contributed by atoms with van der Waals surface area (Å²) in [6.07, 6.45) is 1.81. The third-order valence-corrected chi connectivity index (χ3v) is 3.86. The van der Waals surface area contributed by atoms with Gasteiger partial charge in [0, 0.05) is 7.05 Å². The van der Waals surface area contributed by atoms with E-state index in [1.54, 1.807) is 21.5 Å². The molecule has 0 spiro atoms. The Hall–Kier alpha value is -2.12. The van der Waals surface area contributed by atoms with Crippen molar-refractivity contribution in [1.82, 2.24) is 29.8 Å². The lowest BCUT2D eigenvalue weighted by Gasteiger charge is -2.01. The molecule has 0 aliphatic heterocycles. The van der Waals surface area contributed by atoms with Gasteiger partial charge in [-0.2, -0.15) is 4.98 Å². The zero-order valence-electron chi connectivity index (χ0n) is 12.0. The van der Waals surface area contributed by atoms with Crippen LogP contribution in [0.3, 0.4) is 0 Å². The summed E-state index contributed by atoms with van der Waals surface area (Å²) in [7, 11) is 1.84. The molecular weight excluding hydrogens is 325 g/mol. The third kappa shape index (κ3) is 3.05. The Morgan fingerprint density at radius 3 is 2.73 bits per heavy atom. The Kier molecular flexibility index (Phi) is 4.00. The van der Waals surface area contributed by atoms with Crippen molar-refractivity contribution in [2.75, 3.05) is 5.32 Å². The van der Waals surface area contributed by atoms with Crippen LogP contribution in [0.1, 0.15) is 11.5 Å². The van der Waals surface area contributed by atoms with Crippen LogP contribution in [0.15, 0.2) is 24.4 Å². The Morgan fingerprint density at radius 2 is 2.05 bits per heavy atom. The molecule has 0 saturated heterocycles. The number of nitrogens with zero attached hydrogens (tertiary/aromatic N) is 6. The summed E-state index contributed by atoms with van der Waals surface area (Å²) in [5, 5.41) is 16.5. The fraction of sp³-hybridized carbons (Fsp3) is 0.231. The summed E-state index contributed by atoms with van der Waals surface area (Å²) in [6, 6.07) is 5.28. The first-order valence-corrected chi connectivity index (χ1v) is 7.26. The molecule has 0 amide bonds. The second-order valence-corrected chi connectivity index (χ2v) is 5.53. The lowest BCUT2D eigenvalue weighted by atomic mass is 10.3. The van der Waals surface area contributed by atoms with Gasteiger partial charge in [0.05, 0.1) is 28.5 Å². The van der Waals surface area contributed by atoms with Gasteiger partial charge in [-0.15, -0.1) is 10.2 Å². The highest BCUT2D eigenvalue weighted by Crippen LogP contribution is 2.24. The number of aryl methyl sites for hydroxylation is 2. The topological polar surface area (TPSA) is 73.5 Å². The Balaban J connectivity index is 1.72. The summed E-state index contributed by atoms with van der Waals surface area (Å²) in [4.78, 5) is 4.27. The Morgan fingerprint density at radius 1 is 1.23 bits per heavy atom. The first kappa shape index (κ1) is 14.8. The average Bonchev–Trinajstić information content (AvgIpc) is 3.07. The molecule has 2 aromatic heterocycles. The van der Waals surface area contributed by atoms with Crippen molar-refractivity contribution in [2.45, 2.75) is 13.5 Å². The summed E-state index contributed by atoms with van der Waals surface area (Å²) in [5.41, 5.74) is 1.55. The molecule has 0 saturated carbocycles. The van der Waals surface area contributed by atoms with Crippen molar-refractivity contribution in [3.63, 3.8) is 0 Å². The van der Waals surface area contributed by atoms with E-state index in [4.69, 9.17) is 23.2 Å². The third-order valence-electron chi connectivity index (χ3n) is 3.12. The number of hydrogen-bond acceptors (Lipinski definition) is 5. The zero-order valence-corrected chi connectivity index (χ0v) is 13.5. The van der Waals surface area contributed by atoms with Gasteiger partial charge in [0.15, 0.2) is 0 Å². The summed E-state index contributed by atoms with van der Waals surface area (Å²) in [6.45, 7) is 2.36. The van der Waals surface area contributed by atoms with Gasteiger partial charge in [0.2, 0.25) is 5.95 Å². The molecule has 3 rings (SSSR count). The van der Waals surface area contributed by atoms with E-state index in [0.717, 1.165) is 17.2 Å². The van der Waals surface area contributed by atoms with Crippen LogP contribution >= 0.6 is 23.2 Å².